The van der Waals surface area contributed by atoms with Crippen LogP contribution in [0.2, 0.25) is 0 Å². The van der Waals surface area contributed by atoms with E-state index in [1.165, 1.54) is 25.3 Å². The van der Waals surface area contributed by atoms with Crippen molar-refractivity contribution in [3.63, 3.8) is 0 Å². The van der Waals surface area contributed by atoms with Gasteiger partial charge in [-0.25, -0.2) is 8.42 Å². The zero-order chi connectivity index (χ0) is 18.7. The molecule has 0 saturated carbocycles. The predicted molar refractivity (Wildman–Crippen MR) is 98.4 cm³/mol. The molecule has 1 aliphatic heterocycles. The molecule has 1 saturated heterocycles. The van der Waals surface area contributed by atoms with Crippen molar-refractivity contribution in [2.24, 2.45) is 0 Å². The number of nitrogen functional groups attached to an aromatic ring is 1. The van der Waals surface area contributed by atoms with Crippen LogP contribution in [0, 0.1) is 0 Å². The molecular formula is C16H29ClN4O4S. The summed E-state index contributed by atoms with van der Waals surface area (Å²) in [5.74, 6) is 0.210. The summed E-state index contributed by atoms with van der Waals surface area (Å²) in [5, 5.41) is 10.1. The number of hydrogen-bond acceptors (Lipinski definition) is 6. The van der Waals surface area contributed by atoms with Crippen molar-refractivity contribution in [2.75, 3.05) is 69.9 Å². The van der Waals surface area contributed by atoms with Crippen LogP contribution >= 0.6 is 0 Å². The number of piperazine rings is 1. The third kappa shape index (κ3) is 5.62. The van der Waals surface area contributed by atoms with Crippen LogP contribution in [0.5, 0.6) is 5.75 Å². The Morgan fingerprint density at radius 3 is 2.54 bits per heavy atom. The van der Waals surface area contributed by atoms with Crippen LogP contribution in [-0.4, -0.2) is 82.7 Å². The number of methoxy groups -OCH3 is 1. The van der Waals surface area contributed by atoms with E-state index >= 15 is 0 Å². The molecule has 150 valence electrons. The molecule has 26 heavy (non-hydrogen) atoms. The van der Waals surface area contributed by atoms with Gasteiger partial charge in [0.25, 0.3) is 10.0 Å². The van der Waals surface area contributed by atoms with Gasteiger partial charge < -0.3 is 27.4 Å². The molecule has 0 atom stereocenters. The van der Waals surface area contributed by atoms with Crippen LogP contribution in [0.15, 0.2) is 18.2 Å². The monoisotopic (exact) mass is 408 g/mol. The Balaban J connectivity index is 0.00000338. The van der Waals surface area contributed by atoms with E-state index < -0.39 is 10.0 Å². The predicted octanol–water partition coefficient (Wildman–Crippen LogP) is -2.41. The molecule has 0 unspecified atom stereocenters. The maximum absolute atomic E-state index is 12.4. The summed E-state index contributed by atoms with van der Waals surface area (Å²) in [5.41, 5.74) is 6.21. The van der Waals surface area contributed by atoms with Crippen LogP contribution in [0.25, 0.3) is 0 Å². The quantitative estimate of drug-likeness (QED) is 0.296. The average Bonchev–Trinajstić information content (AvgIpc) is 2.57. The number of ether oxygens (including phenoxy) is 1. The minimum absolute atomic E-state index is 0. The fourth-order valence-corrected chi connectivity index (χ4v) is 4.07. The van der Waals surface area contributed by atoms with Crippen molar-refractivity contribution in [2.45, 2.75) is 6.42 Å². The number of likely N-dealkylation sites (N-methyl/N-ethyl adjacent to an activating group) is 2. The molecule has 1 heterocycles. The first kappa shape index (κ1) is 22.8. The van der Waals surface area contributed by atoms with Gasteiger partial charge in [-0.2, -0.15) is 0 Å². The Labute approximate surface area is 162 Å². The first-order valence-corrected chi connectivity index (χ1v) is 9.95. The van der Waals surface area contributed by atoms with Crippen molar-refractivity contribution < 1.29 is 35.3 Å². The van der Waals surface area contributed by atoms with Gasteiger partial charge in [0.15, 0.2) is 0 Å². The van der Waals surface area contributed by atoms with Crippen molar-refractivity contribution in [3.8, 4) is 5.75 Å². The molecule has 10 heteroatoms. The maximum atomic E-state index is 12.4. The number of benzene rings is 1. The summed E-state index contributed by atoms with van der Waals surface area (Å²) >= 11 is 0. The molecule has 0 bridgehead atoms. The normalized spacial score (nSPS) is 17.4. The molecule has 0 spiro atoms. The first-order valence-electron chi connectivity index (χ1n) is 8.34. The van der Waals surface area contributed by atoms with E-state index in [2.05, 4.69) is 19.0 Å². The second-order valence-electron chi connectivity index (χ2n) is 6.93. The summed E-state index contributed by atoms with van der Waals surface area (Å²) in [6.45, 7) is 4.82. The standard InChI is InChI=1S/C16H29N4O4S.ClH/c1-18-7-10-20(2,11-8-18)9-4-12-25(22,23)19(21)14-5-6-15(17)16(13-14)24-3;/h5-6,13,21H,4,7-12,17H2,1-3H3;1H/q+1;/p-1. The van der Waals surface area contributed by atoms with Gasteiger partial charge in [-0.05, 0) is 19.2 Å². The van der Waals surface area contributed by atoms with Crippen molar-refractivity contribution in [3.05, 3.63) is 18.2 Å². The van der Waals surface area contributed by atoms with E-state index in [-0.39, 0.29) is 23.8 Å². The lowest BCUT2D eigenvalue weighted by Crippen LogP contribution is -3.00. The molecule has 0 aromatic heterocycles. The number of hydrogen-bond donors (Lipinski definition) is 2. The fraction of sp³-hybridized carbons (Fsp3) is 0.625. The lowest BCUT2D eigenvalue weighted by Gasteiger charge is -2.41. The molecule has 8 nitrogen and oxygen atoms in total. The second-order valence-corrected chi connectivity index (χ2v) is 8.85. The van der Waals surface area contributed by atoms with E-state index in [9.17, 15) is 13.6 Å². The van der Waals surface area contributed by atoms with Crippen LogP contribution in [-0.2, 0) is 10.0 Å². The highest BCUT2D eigenvalue weighted by Gasteiger charge is 2.28. The largest absolute Gasteiger partial charge is 1.00 e. The van der Waals surface area contributed by atoms with Crippen molar-refractivity contribution >= 4 is 21.4 Å². The lowest BCUT2D eigenvalue weighted by atomic mass is 10.2. The first-order chi connectivity index (χ1) is 11.7. The Bertz CT molecular complexity index is 693. The Hall–Kier alpha value is -1.26. The molecule has 1 aromatic carbocycles. The second kappa shape index (κ2) is 9.09. The summed E-state index contributed by atoms with van der Waals surface area (Å²) in [7, 11) is 1.87. The van der Waals surface area contributed by atoms with Crippen molar-refractivity contribution in [1.82, 2.24) is 4.90 Å². The van der Waals surface area contributed by atoms with E-state index in [0.29, 0.717) is 22.3 Å². The molecule has 2 rings (SSSR count). The molecule has 3 N–H and O–H groups in total. The highest BCUT2D eigenvalue weighted by Crippen LogP contribution is 2.28. The van der Waals surface area contributed by atoms with Gasteiger partial charge in [0.05, 0.1) is 50.9 Å². The smallest absolute Gasteiger partial charge is 0.257 e. The van der Waals surface area contributed by atoms with E-state index in [1.807, 2.05) is 0 Å². The van der Waals surface area contributed by atoms with Gasteiger partial charge in [0.1, 0.15) is 5.75 Å². The average molecular weight is 409 g/mol. The Morgan fingerprint density at radius 2 is 1.96 bits per heavy atom. The van der Waals surface area contributed by atoms with E-state index in [4.69, 9.17) is 10.5 Å². The third-order valence-electron chi connectivity index (χ3n) is 4.84. The molecule has 0 amide bonds. The van der Waals surface area contributed by atoms with E-state index in [0.717, 1.165) is 37.2 Å². The number of nitrogens with two attached hydrogens (primary N) is 1. The lowest BCUT2D eigenvalue weighted by molar-refractivity contribution is -0.913. The van der Waals surface area contributed by atoms with Gasteiger partial charge in [-0.3, -0.25) is 10.1 Å². The number of sulfonamides is 1. The highest BCUT2D eigenvalue weighted by atomic mass is 35.5. The van der Waals surface area contributed by atoms with Gasteiger partial charge in [-0.15, -0.1) is 4.47 Å². The van der Waals surface area contributed by atoms with Crippen LogP contribution in [0.4, 0.5) is 11.4 Å². The molecule has 0 radical (unpaired) electrons. The number of halogens is 1. The van der Waals surface area contributed by atoms with Crippen LogP contribution in [0.1, 0.15) is 6.42 Å². The topological polar surface area (TPSA) is 96.1 Å². The molecule has 1 aromatic rings. The maximum Gasteiger partial charge on any atom is 0.257 e. The highest BCUT2D eigenvalue weighted by molar-refractivity contribution is 7.92. The third-order valence-corrected chi connectivity index (χ3v) is 6.39. The van der Waals surface area contributed by atoms with Gasteiger partial charge in [0.2, 0.25) is 0 Å². The zero-order valence-corrected chi connectivity index (χ0v) is 17.1. The Kier molecular flexibility index (Phi) is 7.97. The number of nitrogens with zero attached hydrogens (tertiary/aromatic N) is 3. The Morgan fingerprint density at radius 1 is 1.35 bits per heavy atom. The minimum Gasteiger partial charge on any atom is -1.00 e. The SMILES string of the molecule is COc1cc(N(O)S(=O)(=O)CCC[N+]2(C)CCN(C)CC2)ccc1N.[Cl-]. The van der Waals surface area contributed by atoms with Gasteiger partial charge in [0, 0.05) is 25.6 Å². The molecule has 0 aliphatic carbocycles. The number of rotatable bonds is 7. The minimum atomic E-state index is -3.82. The molecule has 1 aliphatic rings. The van der Waals surface area contributed by atoms with Gasteiger partial charge >= 0.3 is 0 Å². The van der Waals surface area contributed by atoms with Crippen molar-refractivity contribution in [1.29, 1.82) is 0 Å². The fourth-order valence-electron chi connectivity index (χ4n) is 2.97. The zero-order valence-electron chi connectivity index (χ0n) is 15.6. The van der Waals surface area contributed by atoms with E-state index in [1.54, 1.807) is 0 Å². The van der Waals surface area contributed by atoms with Gasteiger partial charge in [-0.1, -0.05) is 0 Å². The number of quaternary nitrogens is 1. The molecular weight excluding hydrogens is 380 g/mol. The van der Waals surface area contributed by atoms with Crippen LogP contribution < -0.4 is 27.3 Å². The molecule has 1 fully saturated rings. The summed E-state index contributed by atoms with van der Waals surface area (Å²) in [6, 6.07) is 4.36. The van der Waals surface area contributed by atoms with Crippen LogP contribution in [0.3, 0.4) is 0 Å². The summed E-state index contributed by atoms with van der Waals surface area (Å²) in [6.07, 6.45) is 0.492. The number of anilines is 2. The summed E-state index contributed by atoms with van der Waals surface area (Å²) in [4.78, 5) is 2.28. The summed E-state index contributed by atoms with van der Waals surface area (Å²) < 4.78 is 31.1.